The molecule has 4 rings (SSSR count). The Kier molecular flexibility index (Phi) is 4.45. The molecule has 134 valence electrons. The molecule has 2 aromatic carbocycles. The molecule has 0 atom stereocenters. The largest absolute Gasteiger partial charge is 0.338 e. The fraction of sp³-hybridized carbons (Fsp3) is 0.333. The van der Waals surface area contributed by atoms with Gasteiger partial charge >= 0.3 is 0 Å². The van der Waals surface area contributed by atoms with Crippen molar-refractivity contribution < 1.29 is 9.59 Å². The van der Waals surface area contributed by atoms with Gasteiger partial charge in [-0.05, 0) is 36.6 Å². The summed E-state index contributed by atoms with van der Waals surface area (Å²) in [6.45, 7) is 2.28. The molecule has 1 heterocycles. The predicted octanol–water partition coefficient (Wildman–Crippen LogP) is 3.36. The monoisotopic (exact) mass is 368 g/mol. The van der Waals surface area contributed by atoms with Gasteiger partial charge in [0.05, 0.1) is 5.41 Å². The van der Waals surface area contributed by atoms with Crippen molar-refractivity contribution in [3.8, 4) is 0 Å². The van der Waals surface area contributed by atoms with Crippen LogP contribution in [0.1, 0.15) is 28.8 Å². The summed E-state index contributed by atoms with van der Waals surface area (Å²) in [7, 11) is 0. The van der Waals surface area contributed by atoms with E-state index in [1.165, 1.54) is 0 Å². The van der Waals surface area contributed by atoms with Crippen LogP contribution in [-0.4, -0.2) is 47.8 Å². The van der Waals surface area contributed by atoms with Gasteiger partial charge in [0, 0.05) is 36.8 Å². The fourth-order valence-corrected chi connectivity index (χ4v) is 3.92. The lowest BCUT2D eigenvalue weighted by Crippen LogP contribution is -2.53. The quantitative estimate of drug-likeness (QED) is 0.833. The van der Waals surface area contributed by atoms with Crippen LogP contribution in [0, 0.1) is 0 Å². The van der Waals surface area contributed by atoms with Gasteiger partial charge in [-0.15, -0.1) is 0 Å². The lowest BCUT2D eigenvalue weighted by Gasteiger charge is -2.36. The van der Waals surface area contributed by atoms with E-state index in [-0.39, 0.29) is 17.2 Å². The van der Waals surface area contributed by atoms with Gasteiger partial charge in [0.15, 0.2) is 0 Å². The molecule has 2 fully saturated rings. The average molecular weight is 369 g/mol. The van der Waals surface area contributed by atoms with Crippen molar-refractivity contribution in [3.63, 3.8) is 0 Å². The molecule has 2 amide bonds. The molecule has 1 saturated carbocycles. The van der Waals surface area contributed by atoms with Crippen molar-refractivity contribution in [1.82, 2.24) is 9.80 Å². The van der Waals surface area contributed by atoms with E-state index in [1.807, 2.05) is 35.2 Å². The fourth-order valence-electron chi connectivity index (χ4n) is 3.73. The molecular weight excluding hydrogens is 348 g/mol. The third-order valence-corrected chi connectivity index (χ3v) is 5.65. The molecule has 4 nitrogen and oxygen atoms in total. The highest BCUT2D eigenvalue weighted by atomic mass is 35.5. The zero-order valence-corrected chi connectivity index (χ0v) is 15.3. The van der Waals surface area contributed by atoms with Crippen molar-refractivity contribution in [1.29, 1.82) is 0 Å². The first kappa shape index (κ1) is 17.1. The first-order chi connectivity index (χ1) is 12.6. The Hall–Kier alpha value is -2.33. The van der Waals surface area contributed by atoms with Crippen LogP contribution in [0.25, 0.3) is 0 Å². The van der Waals surface area contributed by atoms with Gasteiger partial charge < -0.3 is 9.80 Å². The van der Waals surface area contributed by atoms with Crippen LogP contribution in [0.15, 0.2) is 54.6 Å². The van der Waals surface area contributed by atoms with Gasteiger partial charge in [0.1, 0.15) is 0 Å². The van der Waals surface area contributed by atoms with Crippen molar-refractivity contribution in [3.05, 3.63) is 70.7 Å². The molecule has 0 spiro atoms. The number of piperazine rings is 1. The number of carbonyl (C=O) groups is 2. The second-order valence-electron chi connectivity index (χ2n) is 7.04. The number of benzene rings is 2. The topological polar surface area (TPSA) is 40.6 Å². The van der Waals surface area contributed by atoms with E-state index in [0.29, 0.717) is 36.8 Å². The maximum atomic E-state index is 13.1. The number of rotatable bonds is 3. The Balaban J connectivity index is 1.41. The summed E-state index contributed by atoms with van der Waals surface area (Å²) in [4.78, 5) is 29.4. The summed E-state index contributed by atoms with van der Waals surface area (Å²) >= 11 is 5.98. The van der Waals surface area contributed by atoms with Gasteiger partial charge in [0.2, 0.25) is 5.91 Å². The third kappa shape index (κ3) is 3.10. The molecule has 0 aromatic heterocycles. The van der Waals surface area contributed by atoms with Crippen molar-refractivity contribution in [2.45, 2.75) is 18.3 Å². The summed E-state index contributed by atoms with van der Waals surface area (Å²) < 4.78 is 0. The number of hydrogen-bond acceptors (Lipinski definition) is 2. The van der Waals surface area contributed by atoms with Crippen molar-refractivity contribution >= 4 is 23.4 Å². The van der Waals surface area contributed by atoms with Crippen LogP contribution in [0.3, 0.4) is 0 Å². The van der Waals surface area contributed by atoms with Crippen molar-refractivity contribution in [2.24, 2.45) is 0 Å². The van der Waals surface area contributed by atoms with Crippen LogP contribution < -0.4 is 0 Å². The van der Waals surface area contributed by atoms with E-state index < -0.39 is 0 Å². The lowest BCUT2D eigenvalue weighted by atomic mass is 9.94. The molecule has 1 saturated heterocycles. The minimum absolute atomic E-state index is 0.0243. The van der Waals surface area contributed by atoms with E-state index in [1.54, 1.807) is 29.2 Å². The first-order valence-electron chi connectivity index (χ1n) is 9.00. The second-order valence-corrected chi connectivity index (χ2v) is 7.48. The zero-order valence-electron chi connectivity index (χ0n) is 14.5. The summed E-state index contributed by atoms with van der Waals surface area (Å²) in [5, 5.41) is 0.559. The normalized spacial score (nSPS) is 18.5. The van der Waals surface area contributed by atoms with Crippen molar-refractivity contribution in [2.75, 3.05) is 26.2 Å². The SMILES string of the molecule is O=C(c1cccc(Cl)c1)N1CCN(C(=O)C2(c3ccccc3)CC2)CC1. The molecule has 0 unspecified atom stereocenters. The summed E-state index contributed by atoms with van der Waals surface area (Å²) in [6, 6.07) is 17.1. The number of hydrogen-bond donors (Lipinski definition) is 0. The molecule has 0 N–H and O–H groups in total. The van der Waals surface area contributed by atoms with Gasteiger partial charge in [-0.3, -0.25) is 9.59 Å². The second kappa shape index (κ2) is 6.76. The van der Waals surface area contributed by atoms with Gasteiger partial charge in [-0.2, -0.15) is 0 Å². The van der Waals surface area contributed by atoms with E-state index in [2.05, 4.69) is 0 Å². The highest BCUT2D eigenvalue weighted by Gasteiger charge is 2.53. The Bertz CT molecular complexity index is 825. The minimum atomic E-state index is -0.333. The van der Waals surface area contributed by atoms with Crippen LogP contribution in [0.5, 0.6) is 0 Å². The van der Waals surface area contributed by atoms with Crippen LogP contribution in [0.4, 0.5) is 0 Å². The lowest BCUT2D eigenvalue weighted by molar-refractivity contribution is -0.135. The number of amides is 2. The predicted molar refractivity (Wildman–Crippen MR) is 101 cm³/mol. The number of nitrogens with zero attached hydrogens (tertiary/aromatic N) is 2. The highest BCUT2D eigenvalue weighted by Crippen LogP contribution is 2.49. The van der Waals surface area contributed by atoms with Crippen LogP contribution >= 0.6 is 11.6 Å². The summed E-state index contributed by atoms with van der Waals surface area (Å²) in [6.07, 6.45) is 1.83. The first-order valence-corrected chi connectivity index (χ1v) is 9.38. The number of carbonyl (C=O) groups excluding carboxylic acids is 2. The summed E-state index contributed by atoms with van der Waals surface area (Å²) in [5.41, 5.74) is 1.38. The van der Waals surface area contributed by atoms with E-state index in [0.717, 1.165) is 18.4 Å². The van der Waals surface area contributed by atoms with Crippen LogP contribution in [0.2, 0.25) is 5.02 Å². The highest BCUT2D eigenvalue weighted by molar-refractivity contribution is 6.30. The molecular formula is C21H21ClN2O2. The third-order valence-electron chi connectivity index (χ3n) is 5.41. The van der Waals surface area contributed by atoms with Gasteiger partial charge in [0.25, 0.3) is 5.91 Å². The van der Waals surface area contributed by atoms with Gasteiger partial charge in [-0.1, -0.05) is 48.0 Å². The molecule has 1 aliphatic heterocycles. The zero-order chi connectivity index (χ0) is 18.1. The minimum Gasteiger partial charge on any atom is -0.338 e. The van der Waals surface area contributed by atoms with E-state index in [4.69, 9.17) is 11.6 Å². The van der Waals surface area contributed by atoms with E-state index >= 15 is 0 Å². The molecule has 2 aliphatic rings. The molecule has 0 radical (unpaired) electrons. The molecule has 0 bridgehead atoms. The standard InChI is InChI=1S/C21H21ClN2O2/c22-18-8-4-5-16(15-18)19(25)23-11-13-24(14-12-23)20(26)21(9-10-21)17-6-2-1-3-7-17/h1-8,15H,9-14H2. The average Bonchev–Trinajstić information content (AvgIpc) is 3.50. The van der Waals surface area contributed by atoms with E-state index in [9.17, 15) is 9.59 Å². The molecule has 1 aliphatic carbocycles. The smallest absolute Gasteiger partial charge is 0.254 e. The van der Waals surface area contributed by atoms with Crippen LogP contribution in [-0.2, 0) is 10.2 Å². The maximum absolute atomic E-state index is 13.1. The summed E-state index contributed by atoms with van der Waals surface area (Å²) in [5.74, 6) is 0.183. The Labute approximate surface area is 158 Å². The molecule has 2 aromatic rings. The maximum Gasteiger partial charge on any atom is 0.254 e. The molecule has 5 heteroatoms. The Morgan fingerprint density at radius 1 is 0.846 bits per heavy atom. The number of halogens is 1. The Morgan fingerprint density at radius 2 is 1.50 bits per heavy atom. The Morgan fingerprint density at radius 3 is 2.12 bits per heavy atom. The van der Waals surface area contributed by atoms with Gasteiger partial charge in [-0.25, -0.2) is 0 Å². The molecule has 26 heavy (non-hydrogen) atoms.